The summed E-state index contributed by atoms with van der Waals surface area (Å²) in [6.45, 7) is 0. The van der Waals surface area contributed by atoms with Gasteiger partial charge >= 0.3 is 0 Å². The van der Waals surface area contributed by atoms with E-state index in [0.717, 1.165) is 28.3 Å². The number of nitrogens with zero attached hydrogens (tertiary/aromatic N) is 4. The van der Waals surface area contributed by atoms with Crippen LogP contribution in [0.1, 0.15) is 0 Å². The lowest BCUT2D eigenvalue weighted by molar-refractivity contribution is 0.892. The minimum Gasteiger partial charge on any atom is -0.338 e. The number of nitrogens with one attached hydrogen (secondary N) is 1. The van der Waals surface area contributed by atoms with Gasteiger partial charge in [0, 0.05) is 16.3 Å². The molecule has 0 atom stereocenters. The summed E-state index contributed by atoms with van der Waals surface area (Å²) in [7, 11) is 0. The molecule has 1 N–H and O–H groups in total. The second-order valence-corrected chi connectivity index (χ2v) is 7.76. The molecule has 0 aliphatic rings. The lowest BCUT2D eigenvalue weighted by atomic mass is 10.1. The number of hydrogen-bond acceptors (Lipinski definition) is 4. The molecule has 0 aliphatic heterocycles. The van der Waals surface area contributed by atoms with E-state index in [0.29, 0.717) is 16.5 Å². The standard InChI is InChI=1S/C27H20ClN5/c28-21-16-18-22(19-17-21)29-27-26(31-30-23-12-6-2-7-13-23)25(20-10-4-1-5-11-20)32-33(27)24-14-8-3-9-15-24/h1-19,29H. The molecule has 0 radical (unpaired) electrons. The lowest BCUT2D eigenvalue weighted by Gasteiger charge is -2.10. The highest BCUT2D eigenvalue weighted by Gasteiger charge is 2.21. The van der Waals surface area contributed by atoms with Gasteiger partial charge in [-0.2, -0.15) is 10.2 Å². The van der Waals surface area contributed by atoms with Gasteiger partial charge < -0.3 is 5.32 Å². The number of benzene rings is 4. The lowest BCUT2D eigenvalue weighted by Crippen LogP contribution is -2.02. The maximum atomic E-state index is 6.10. The Bertz CT molecular complexity index is 1360. The van der Waals surface area contributed by atoms with Crippen molar-refractivity contribution >= 4 is 34.5 Å². The number of anilines is 2. The monoisotopic (exact) mass is 449 g/mol. The second-order valence-electron chi connectivity index (χ2n) is 7.33. The zero-order chi connectivity index (χ0) is 22.5. The molecule has 5 nitrogen and oxygen atoms in total. The molecule has 4 aromatic carbocycles. The minimum absolute atomic E-state index is 0.642. The van der Waals surface area contributed by atoms with E-state index in [9.17, 15) is 0 Å². The zero-order valence-corrected chi connectivity index (χ0v) is 18.4. The Kier molecular flexibility index (Phi) is 5.95. The molecular weight excluding hydrogens is 430 g/mol. The van der Waals surface area contributed by atoms with E-state index in [4.69, 9.17) is 16.7 Å². The number of azo groups is 1. The minimum atomic E-state index is 0.642. The maximum Gasteiger partial charge on any atom is 0.162 e. The smallest absolute Gasteiger partial charge is 0.162 e. The zero-order valence-electron chi connectivity index (χ0n) is 17.6. The van der Waals surface area contributed by atoms with Gasteiger partial charge in [0.1, 0.15) is 5.69 Å². The normalized spacial score (nSPS) is 11.1. The van der Waals surface area contributed by atoms with Crippen LogP contribution in [0.3, 0.4) is 0 Å². The third kappa shape index (κ3) is 4.68. The van der Waals surface area contributed by atoms with Crippen LogP contribution in [0.5, 0.6) is 0 Å². The highest BCUT2D eigenvalue weighted by molar-refractivity contribution is 6.30. The molecule has 0 fully saturated rings. The van der Waals surface area contributed by atoms with Gasteiger partial charge in [-0.3, -0.25) is 0 Å². The highest BCUT2D eigenvalue weighted by Crippen LogP contribution is 2.40. The van der Waals surface area contributed by atoms with Crippen LogP contribution in [0.25, 0.3) is 16.9 Å². The van der Waals surface area contributed by atoms with Crippen molar-refractivity contribution in [2.24, 2.45) is 10.2 Å². The highest BCUT2D eigenvalue weighted by atomic mass is 35.5. The van der Waals surface area contributed by atoms with Crippen LogP contribution in [0.2, 0.25) is 5.02 Å². The third-order valence-electron chi connectivity index (χ3n) is 5.04. The Morgan fingerprint density at radius 3 is 1.94 bits per heavy atom. The molecule has 5 aromatic rings. The van der Waals surface area contributed by atoms with Crippen LogP contribution in [-0.4, -0.2) is 9.78 Å². The summed E-state index contributed by atoms with van der Waals surface area (Å²) in [5.74, 6) is 0.710. The second kappa shape index (κ2) is 9.51. The molecule has 0 aliphatic carbocycles. The molecule has 5 rings (SSSR count). The van der Waals surface area contributed by atoms with Gasteiger partial charge in [0.05, 0.1) is 11.4 Å². The van der Waals surface area contributed by atoms with Crippen LogP contribution >= 0.6 is 11.6 Å². The van der Waals surface area contributed by atoms with E-state index in [1.54, 1.807) is 0 Å². The van der Waals surface area contributed by atoms with Crippen molar-refractivity contribution in [2.45, 2.75) is 0 Å². The SMILES string of the molecule is Clc1ccc(Nc2c(N=Nc3ccccc3)c(-c3ccccc3)nn2-c2ccccc2)cc1. The van der Waals surface area contributed by atoms with Gasteiger partial charge in [0.15, 0.2) is 11.5 Å². The van der Waals surface area contributed by atoms with Gasteiger partial charge in [-0.05, 0) is 48.5 Å². The van der Waals surface area contributed by atoms with Crippen LogP contribution < -0.4 is 5.32 Å². The first-order chi connectivity index (χ1) is 16.3. The summed E-state index contributed by atoms with van der Waals surface area (Å²) in [6, 6.07) is 37.1. The van der Waals surface area contributed by atoms with E-state index in [1.807, 2.05) is 120 Å². The Morgan fingerprint density at radius 2 is 1.27 bits per heavy atom. The van der Waals surface area contributed by atoms with E-state index in [2.05, 4.69) is 15.5 Å². The molecule has 0 spiro atoms. The molecule has 6 heteroatoms. The third-order valence-corrected chi connectivity index (χ3v) is 5.29. The van der Waals surface area contributed by atoms with Gasteiger partial charge in [-0.15, -0.1) is 5.11 Å². The fourth-order valence-electron chi connectivity index (χ4n) is 3.44. The van der Waals surface area contributed by atoms with Crippen LogP contribution in [0, 0.1) is 0 Å². The Morgan fingerprint density at radius 1 is 0.667 bits per heavy atom. The van der Waals surface area contributed by atoms with Gasteiger partial charge in [0.25, 0.3) is 0 Å². The van der Waals surface area contributed by atoms with Gasteiger partial charge in [0.2, 0.25) is 0 Å². The molecule has 0 bridgehead atoms. The van der Waals surface area contributed by atoms with Gasteiger partial charge in [-0.1, -0.05) is 78.3 Å². The average Bonchev–Trinajstić information content (AvgIpc) is 3.24. The molecule has 33 heavy (non-hydrogen) atoms. The van der Waals surface area contributed by atoms with Crippen molar-refractivity contribution in [3.8, 4) is 16.9 Å². The molecule has 1 aromatic heterocycles. The van der Waals surface area contributed by atoms with Crippen LogP contribution in [-0.2, 0) is 0 Å². The predicted octanol–water partition coefficient (Wildman–Crippen LogP) is 8.35. The summed E-state index contributed by atoms with van der Waals surface area (Å²) < 4.78 is 1.86. The molecule has 0 unspecified atom stereocenters. The summed E-state index contributed by atoms with van der Waals surface area (Å²) in [5, 5.41) is 18.3. The van der Waals surface area contributed by atoms with Gasteiger partial charge in [-0.25, -0.2) is 4.68 Å². The molecule has 0 saturated carbocycles. The molecule has 1 heterocycles. The summed E-state index contributed by atoms with van der Waals surface area (Å²) >= 11 is 6.10. The topological polar surface area (TPSA) is 54.6 Å². The van der Waals surface area contributed by atoms with E-state index in [1.165, 1.54) is 0 Å². The fourth-order valence-corrected chi connectivity index (χ4v) is 3.56. The number of hydrogen-bond donors (Lipinski definition) is 1. The molecule has 0 saturated heterocycles. The first-order valence-electron chi connectivity index (χ1n) is 10.5. The summed E-state index contributed by atoms with van der Waals surface area (Å²) in [5.41, 5.74) is 4.87. The fraction of sp³-hybridized carbons (Fsp3) is 0. The molecule has 160 valence electrons. The van der Waals surface area contributed by atoms with Crippen molar-refractivity contribution < 1.29 is 0 Å². The van der Waals surface area contributed by atoms with Crippen molar-refractivity contribution in [1.82, 2.24) is 9.78 Å². The maximum absolute atomic E-state index is 6.10. The van der Waals surface area contributed by atoms with E-state index < -0.39 is 0 Å². The first kappa shape index (κ1) is 20.7. The van der Waals surface area contributed by atoms with E-state index in [-0.39, 0.29) is 0 Å². The van der Waals surface area contributed by atoms with Crippen LogP contribution in [0.4, 0.5) is 22.9 Å². The Hall–Kier alpha value is -4.22. The van der Waals surface area contributed by atoms with Crippen LogP contribution in [0.15, 0.2) is 125 Å². The predicted molar refractivity (Wildman–Crippen MR) is 134 cm³/mol. The van der Waals surface area contributed by atoms with Crippen molar-refractivity contribution in [2.75, 3.05) is 5.32 Å². The number of halogens is 1. The van der Waals surface area contributed by atoms with Crippen molar-refractivity contribution in [1.29, 1.82) is 0 Å². The van der Waals surface area contributed by atoms with E-state index >= 15 is 0 Å². The average molecular weight is 450 g/mol. The number of para-hydroxylation sites is 1. The molecular formula is C27H20ClN5. The Labute approximate surface area is 197 Å². The first-order valence-corrected chi connectivity index (χ1v) is 10.9. The largest absolute Gasteiger partial charge is 0.338 e. The number of aromatic nitrogens is 2. The summed E-state index contributed by atoms with van der Waals surface area (Å²) in [6.07, 6.45) is 0. The molecule has 0 amide bonds. The quantitative estimate of drug-likeness (QED) is 0.265. The Balaban J connectivity index is 1.71. The van der Waals surface area contributed by atoms with Crippen molar-refractivity contribution in [3.63, 3.8) is 0 Å². The number of rotatable bonds is 6. The summed E-state index contributed by atoms with van der Waals surface area (Å²) in [4.78, 5) is 0. The van der Waals surface area contributed by atoms with Crippen molar-refractivity contribution in [3.05, 3.63) is 120 Å².